The number of carbonyl (C=O) groups is 1. The van der Waals surface area contributed by atoms with Crippen LogP contribution in [0.4, 0.5) is 0 Å². The molecule has 2 atom stereocenters. The van der Waals surface area contributed by atoms with Gasteiger partial charge in [-0.25, -0.2) is 4.98 Å². The van der Waals surface area contributed by atoms with Crippen LogP contribution in [0.25, 0.3) is 10.2 Å². The van der Waals surface area contributed by atoms with Gasteiger partial charge < -0.3 is 14.9 Å². The Morgan fingerprint density at radius 2 is 2.24 bits per heavy atom. The standard InChI is InChI=1S/C14H17NO4S2/c1-8(16)20-6-5-11(17)13(18)14-15-10-4-3-9(19-2)7-12(10)21-14/h3-4,7,11,13,17-18H,5-6H2,1-2H3. The zero-order valence-electron chi connectivity index (χ0n) is 11.8. The summed E-state index contributed by atoms with van der Waals surface area (Å²) in [7, 11) is 1.59. The number of benzene rings is 1. The van der Waals surface area contributed by atoms with Gasteiger partial charge in [0.1, 0.15) is 16.9 Å². The topological polar surface area (TPSA) is 79.7 Å². The fraction of sp³-hybridized carbons (Fsp3) is 0.429. The van der Waals surface area contributed by atoms with Crippen LogP contribution in [0, 0.1) is 0 Å². The van der Waals surface area contributed by atoms with Gasteiger partial charge in [0.15, 0.2) is 5.12 Å². The molecule has 0 fully saturated rings. The zero-order chi connectivity index (χ0) is 15.4. The van der Waals surface area contributed by atoms with Crippen LogP contribution in [-0.2, 0) is 4.79 Å². The number of ether oxygens (including phenoxy) is 1. The maximum Gasteiger partial charge on any atom is 0.185 e. The van der Waals surface area contributed by atoms with Crippen molar-refractivity contribution in [3.8, 4) is 5.75 Å². The van der Waals surface area contributed by atoms with E-state index in [0.29, 0.717) is 17.2 Å². The Hall–Kier alpha value is -1.15. The second-order valence-corrected chi connectivity index (χ2v) is 6.86. The molecule has 2 aromatic rings. The predicted molar refractivity (Wildman–Crippen MR) is 84.9 cm³/mol. The highest BCUT2D eigenvalue weighted by Gasteiger charge is 2.22. The van der Waals surface area contributed by atoms with Crippen LogP contribution < -0.4 is 4.74 Å². The van der Waals surface area contributed by atoms with Crippen molar-refractivity contribution in [3.05, 3.63) is 23.2 Å². The van der Waals surface area contributed by atoms with E-state index in [9.17, 15) is 15.0 Å². The van der Waals surface area contributed by atoms with Crippen LogP contribution in [0.15, 0.2) is 18.2 Å². The van der Waals surface area contributed by atoms with Crippen molar-refractivity contribution in [2.45, 2.75) is 25.6 Å². The average molecular weight is 327 g/mol. The van der Waals surface area contributed by atoms with Crippen molar-refractivity contribution in [1.29, 1.82) is 0 Å². The summed E-state index contributed by atoms with van der Waals surface area (Å²) in [6.07, 6.45) is -1.63. The molecule has 1 heterocycles. The van der Waals surface area contributed by atoms with Gasteiger partial charge in [-0.2, -0.15) is 0 Å². The minimum Gasteiger partial charge on any atom is -0.497 e. The van der Waals surface area contributed by atoms with Gasteiger partial charge in [0.25, 0.3) is 0 Å². The zero-order valence-corrected chi connectivity index (χ0v) is 13.4. The third-order valence-electron chi connectivity index (χ3n) is 2.95. The molecule has 0 aliphatic carbocycles. The van der Waals surface area contributed by atoms with E-state index in [1.807, 2.05) is 12.1 Å². The normalized spacial score (nSPS) is 14.1. The molecule has 7 heteroatoms. The summed E-state index contributed by atoms with van der Waals surface area (Å²) in [5.41, 5.74) is 0.764. The molecule has 1 aromatic carbocycles. The Balaban J connectivity index is 2.07. The molecule has 0 amide bonds. The average Bonchev–Trinajstić information content (AvgIpc) is 2.88. The second-order valence-electron chi connectivity index (χ2n) is 4.53. The monoisotopic (exact) mass is 327 g/mol. The molecular weight excluding hydrogens is 310 g/mol. The SMILES string of the molecule is COc1ccc2nc(C(O)C(O)CCSC(C)=O)sc2c1. The number of rotatable bonds is 6. The van der Waals surface area contributed by atoms with E-state index in [-0.39, 0.29) is 5.12 Å². The molecule has 0 spiro atoms. The largest absolute Gasteiger partial charge is 0.497 e. The number of methoxy groups -OCH3 is 1. The lowest BCUT2D eigenvalue weighted by atomic mass is 10.1. The summed E-state index contributed by atoms with van der Waals surface area (Å²) < 4.78 is 6.04. The molecule has 0 aliphatic rings. The lowest BCUT2D eigenvalue weighted by molar-refractivity contribution is -0.109. The lowest BCUT2D eigenvalue weighted by Crippen LogP contribution is -2.19. The van der Waals surface area contributed by atoms with Crippen molar-refractivity contribution in [2.75, 3.05) is 12.9 Å². The third-order valence-corrected chi connectivity index (χ3v) is 4.88. The van der Waals surface area contributed by atoms with E-state index in [2.05, 4.69) is 4.98 Å². The van der Waals surface area contributed by atoms with Gasteiger partial charge in [0.05, 0.1) is 23.4 Å². The van der Waals surface area contributed by atoms with Crippen molar-refractivity contribution in [3.63, 3.8) is 0 Å². The number of fused-ring (bicyclic) bond motifs is 1. The fourth-order valence-electron chi connectivity index (χ4n) is 1.82. The number of hydrogen-bond acceptors (Lipinski definition) is 7. The molecule has 0 saturated heterocycles. The maximum absolute atomic E-state index is 10.8. The molecule has 114 valence electrons. The summed E-state index contributed by atoms with van der Waals surface area (Å²) in [6, 6.07) is 5.47. The van der Waals surface area contributed by atoms with E-state index >= 15 is 0 Å². The first-order valence-electron chi connectivity index (χ1n) is 6.45. The van der Waals surface area contributed by atoms with Crippen molar-refractivity contribution in [1.82, 2.24) is 4.98 Å². The van der Waals surface area contributed by atoms with Crippen LogP contribution in [0.2, 0.25) is 0 Å². The van der Waals surface area contributed by atoms with Gasteiger partial charge in [0.2, 0.25) is 0 Å². The van der Waals surface area contributed by atoms with Crippen LogP contribution in [0.3, 0.4) is 0 Å². The molecule has 2 unspecified atom stereocenters. The van der Waals surface area contributed by atoms with E-state index in [1.54, 1.807) is 13.2 Å². The molecular formula is C14H17NO4S2. The molecule has 2 rings (SSSR count). The number of thioether (sulfide) groups is 1. The molecule has 2 N–H and O–H groups in total. The number of carbonyl (C=O) groups excluding carboxylic acids is 1. The van der Waals surface area contributed by atoms with Crippen LogP contribution in [-0.4, -0.2) is 39.3 Å². The number of nitrogens with zero attached hydrogens (tertiary/aromatic N) is 1. The van der Waals surface area contributed by atoms with E-state index < -0.39 is 12.2 Å². The molecule has 0 bridgehead atoms. The minimum atomic E-state index is -1.04. The number of hydrogen-bond donors (Lipinski definition) is 2. The fourth-order valence-corrected chi connectivity index (χ4v) is 3.51. The van der Waals surface area contributed by atoms with Gasteiger partial charge in [-0.3, -0.25) is 4.79 Å². The highest BCUT2D eigenvalue weighted by molar-refractivity contribution is 8.13. The smallest absolute Gasteiger partial charge is 0.185 e. The molecule has 0 saturated carbocycles. The first-order chi connectivity index (χ1) is 10.0. The highest BCUT2D eigenvalue weighted by atomic mass is 32.2. The van der Waals surface area contributed by atoms with Gasteiger partial charge >= 0.3 is 0 Å². The molecule has 0 aliphatic heterocycles. The predicted octanol–water partition coefficient (Wildman–Crippen LogP) is 2.37. The molecule has 0 radical (unpaired) electrons. The third kappa shape index (κ3) is 4.16. The molecule has 1 aromatic heterocycles. The van der Waals surface area contributed by atoms with Crippen molar-refractivity contribution >= 4 is 38.4 Å². The Morgan fingerprint density at radius 3 is 2.90 bits per heavy atom. The quantitative estimate of drug-likeness (QED) is 0.848. The summed E-state index contributed by atoms with van der Waals surface area (Å²) in [5.74, 6) is 1.21. The summed E-state index contributed by atoms with van der Waals surface area (Å²) >= 11 is 2.47. The molecule has 5 nitrogen and oxygen atoms in total. The van der Waals surface area contributed by atoms with Gasteiger partial charge in [-0.05, 0) is 24.6 Å². The van der Waals surface area contributed by atoms with Crippen LogP contribution in [0.5, 0.6) is 5.75 Å². The Morgan fingerprint density at radius 1 is 1.48 bits per heavy atom. The summed E-state index contributed by atoms with van der Waals surface area (Å²) in [6.45, 7) is 1.48. The number of aliphatic hydroxyl groups excluding tert-OH is 2. The van der Waals surface area contributed by atoms with Crippen molar-refractivity contribution in [2.24, 2.45) is 0 Å². The van der Waals surface area contributed by atoms with Crippen LogP contribution >= 0.6 is 23.1 Å². The van der Waals surface area contributed by atoms with Crippen molar-refractivity contribution < 1.29 is 19.7 Å². The van der Waals surface area contributed by atoms with Gasteiger partial charge in [-0.1, -0.05) is 11.8 Å². The second kappa shape index (κ2) is 7.22. The Bertz CT molecular complexity index is 628. The maximum atomic E-state index is 10.8. The Labute approximate surface area is 131 Å². The molecule has 21 heavy (non-hydrogen) atoms. The van der Waals surface area contributed by atoms with E-state index in [0.717, 1.165) is 27.7 Å². The minimum absolute atomic E-state index is 0.00349. The van der Waals surface area contributed by atoms with E-state index in [1.165, 1.54) is 18.3 Å². The first kappa shape index (κ1) is 16.2. The van der Waals surface area contributed by atoms with Gasteiger partial charge in [0, 0.05) is 12.7 Å². The van der Waals surface area contributed by atoms with Crippen LogP contribution in [0.1, 0.15) is 24.5 Å². The summed E-state index contributed by atoms with van der Waals surface area (Å²) in [4.78, 5) is 15.2. The first-order valence-corrected chi connectivity index (χ1v) is 8.25. The number of thiazole rings is 1. The van der Waals surface area contributed by atoms with Gasteiger partial charge in [-0.15, -0.1) is 11.3 Å². The van der Waals surface area contributed by atoms with E-state index in [4.69, 9.17) is 4.74 Å². The highest BCUT2D eigenvalue weighted by Crippen LogP contribution is 2.31. The lowest BCUT2D eigenvalue weighted by Gasteiger charge is -2.14. The summed E-state index contributed by atoms with van der Waals surface area (Å²) in [5, 5.41) is 20.6. The number of aromatic nitrogens is 1. The number of aliphatic hydroxyl groups is 2. The Kier molecular flexibility index (Phi) is 5.58.